The number of nitrogens with zero attached hydrogens (tertiary/aromatic N) is 6. The highest BCUT2D eigenvalue weighted by Gasteiger charge is 2.43. The first kappa shape index (κ1) is 77.3. The molecule has 21 heteroatoms. The van der Waals surface area contributed by atoms with Gasteiger partial charge in [0, 0.05) is 125 Å². The normalized spacial score (nSPS) is 22.9. The van der Waals surface area contributed by atoms with Crippen molar-refractivity contribution in [3.05, 3.63) is 254 Å². The van der Waals surface area contributed by atoms with Gasteiger partial charge in [0.25, 0.3) is 11.8 Å². The molecule has 2 unspecified atom stereocenters. The summed E-state index contributed by atoms with van der Waals surface area (Å²) in [4.78, 5) is 87.8. The fraction of sp³-hybridized carbons (Fsp3) is 0.407. The van der Waals surface area contributed by atoms with Gasteiger partial charge in [0.1, 0.15) is 29.3 Å². The Kier molecular flexibility index (Phi) is 23.9. The number of hydrogen-bond donors (Lipinski definition) is 3. The molecule has 17 nitrogen and oxygen atoms in total. The first-order chi connectivity index (χ1) is 54.5. The van der Waals surface area contributed by atoms with E-state index in [-0.39, 0.29) is 57.4 Å². The zero-order valence-electron chi connectivity index (χ0n) is 63.6. The predicted molar refractivity (Wildman–Crippen MR) is 449 cm³/mol. The molecule has 18 rings (SSSR count). The molecule has 8 aromatic rings. The molecule has 6 fully saturated rings. The third-order valence-corrected chi connectivity index (χ3v) is 25.5. The minimum atomic E-state index is -0.586. The van der Waals surface area contributed by atoms with Crippen LogP contribution in [0.3, 0.4) is 0 Å². The maximum absolute atomic E-state index is 13.1. The van der Waals surface area contributed by atoms with Crippen LogP contribution in [0.5, 0.6) is 17.2 Å². The van der Waals surface area contributed by atoms with Crippen molar-refractivity contribution in [2.75, 3.05) is 75.4 Å². The molecule has 0 bridgehead atoms. The molecule has 6 saturated heterocycles. The monoisotopic (exact) mass is 1690 g/mol. The Bertz CT molecular complexity index is 4450. The van der Waals surface area contributed by atoms with E-state index in [2.05, 4.69) is 236 Å². The van der Waals surface area contributed by atoms with E-state index in [9.17, 15) is 33.9 Å². The van der Waals surface area contributed by atoms with Gasteiger partial charge in [-0.3, -0.25) is 49.2 Å². The number of phenolic OH excluding ortho intramolecular Hbond substituents is 1. The van der Waals surface area contributed by atoms with E-state index in [1.807, 2.05) is 30.3 Å². The number of nitrogens with one attached hydrogen (secondary N) is 2. The van der Waals surface area contributed by atoms with E-state index in [4.69, 9.17) is 9.47 Å². The number of amides is 6. The van der Waals surface area contributed by atoms with Gasteiger partial charge >= 0.3 is 3.18 Å². The summed E-state index contributed by atoms with van der Waals surface area (Å²) in [6.45, 7) is 13.0. The molecule has 3 N–H and O–H groups in total. The topological polar surface area (TPSA) is 185 Å². The standard InChI is InChI=1S/C46H50N4O4.C45H48N4O5.BBr3/c1-30-7-14-40-34(25-30)10-15-39(32-5-3-2-4-6-32)44(40)33-8-12-38(13-9-33)54-24-21-31-27-49(28-31)36-19-22-48(23-20-36)37-11-16-41-35(26-37)29-50(46(41)53)42-17-18-43(51)47-45(42)52;50-36-10-15-39-32(25-36)8-13-38(30-4-2-1-3-5-30)43(39)31-6-11-37(12-7-31)54-23-20-29-26-48(27-29)34-18-21-47(22-19-34)35-9-14-40-33(24-35)28-49(45(40)53)41-16-17-42(51)46-44(41)52;2-1(3)4/h2-9,11-14,16,25-26,31,36,39,42,44H,10,15,17-24,27-29H2,1H3,(H,47,51,52);1-7,9-12,14-15,24-25,29,34,38,41,43,50H,8,13,16-23,26-28H2,(H,46,51,52);/t39-,42?,44+;38-,41?,43+;/m11./s1. The molecule has 6 amide bonds. The number of phenols is 1. The number of piperidine rings is 4. The Balaban J connectivity index is 0.000000162. The highest BCUT2D eigenvalue weighted by molar-refractivity contribution is 9.69. The molecule has 0 spiro atoms. The number of ether oxygens (including phenoxy) is 2. The van der Waals surface area contributed by atoms with Gasteiger partial charge in [-0.2, -0.15) is 0 Å². The van der Waals surface area contributed by atoms with Crippen LogP contribution in [0.15, 0.2) is 182 Å². The third-order valence-electron chi connectivity index (χ3n) is 25.5. The van der Waals surface area contributed by atoms with Crippen molar-refractivity contribution < 1.29 is 43.3 Å². The van der Waals surface area contributed by atoms with Gasteiger partial charge in [0.2, 0.25) is 23.6 Å². The van der Waals surface area contributed by atoms with E-state index in [0.29, 0.717) is 84.5 Å². The van der Waals surface area contributed by atoms with Gasteiger partial charge < -0.3 is 34.2 Å². The number of aromatic hydroxyl groups is 1. The maximum Gasteiger partial charge on any atom is 0.369 e. The van der Waals surface area contributed by atoms with E-state index in [1.54, 1.807) is 9.80 Å². The second-order valence-electron chi connectivity index (χ2n) is 32.4. The van der Waals surface area contributed by atoms with Crippen molar-refractivity contribution in [1.29, 1.82) is 0 Å². The van der Waals surface area contributed by atoms with Gasteiger partial charge in [-0.05, 0) is 236 Å². The number of anilines is 2. The average Bonchev–Trinajstić information content (AvgIpc) is 1.02. The van der Waals surface area contributed by atoms with Crippen molar-refractivity contribution in [2.24, 2.45) is 11.8 Å². The zero-order valence-corrected chi connectivity index (χ0v) is 68.3. The van der Waals surface area contributed by atoms with Crippen LogP contribution in [-0.4, -0.2) is 153 Å². The largest absolute Gasteiger partial charge is 0.508 e. The van der Waals surface area contributed by atoms with Crippen LogP contribution in [0.4, 0.5) is 11.4 Å². The molecule has 0 aromatic heterocycles. The SMILES string of the molecule is BrB(Br)Br.Cc1ccc2c(c1)CC[C@H](c1ccccc1)[C@@H]2c1ccc(OCCC2CN(C3CCN(c4ccc5c(c4)CN(C4CCC(=O)NC4=O)C5=O)CC3)C2)cc1.O=C1CCC(N2Cc3cc(N4CCC(N5CC(CCOc6ccc([C@@H]7c8ccc(O)cc8CC[C@@H]7c7ccccc7)cc6)C5)CC4)ccc3C2=O)C(=O)N1. The van der Waals surface area contributed by atoms with Crippen LogP contribution >= 0.6 is 47.3 Å². The lowest BCUT2D eigenvalue weighted by Crippen LogP contribution is -2.55. The first-order valence-corrected chi connectivity index (χ1v) is 43.2. The summed E-state index contributed by atoms with van der Waals surface area (Å²) in [6, 6.07) is 64.6. The molecule has 10 aliphatic rings. The van der Waals surface area contributed by atoms with Crippen molar-refractivity contribution in [3.8, 4) is 17.2 Å². The van der Waals surface area contributed by atoms with Gasteiger partial charge in [0.05, 0.1) is 13.2 Å². The summed E-state index contributed by atoms with van der Waals surface area (Å²) >= 11 is 9.31. The second kappa shape index (κ2) is 34.6. The summed E-state index contributed by atoms with van der Waals surface area (Å²) in [5, 5.41) is 14.9. The van der Waals surface area contributed by atoms with Crippen molar-refractivity contribution in [3.63, 3.8) is 0 Å². The number of hydrogen-bond acceptors (Lipinski definition) is 13. The number of benzene rings is 8. The zero-order chi connectivity index (χ0) is 77.1. The molecule has 8 heterocycles. The van der Waals surface area contributed by atoms with Crippen LogP contribution in [0.25, 0.3) is 0 Å². The Hall–Kier alpha value is -8.60. The van der Waals surface area contributed by atoms with E-state index < -0.39 is 12.1 Å². The van der Waals surface area contributed by atoms with Crippen LogP contribution in [0.1, 0.15) is 183 Å². The molecule has 8 aliphatic heterocycles. The van der Waals surface area contributed by atoms with Crippen LogP contribution < -0.4 is 29.9 Å². The number of imide groups is 2. The minimum Gasteiger partial charge on any atom is -0.508 e. The predicted octanol–water partition coefficient (Wildman–Crippen LogP) is 15.5. The average molecular weight is 1700 g/mol. The number of rotatable bonds is 18. The summed E-state index contributed by atoms with van der Waals surface area (Å²) in [6.07, 6.45) is 12.2. The minimum absolute atomic E-state index is 0.117. The molecular weight excluding hydrogens is 1600 g/mol. The molecule has 0 saturated carbocycles. The van der Waals surface area contributed by atoms with Gasteiger partial charge in [-0.25, -0.2) is 0 Å². The van der Waals surface area contributed by atoms with Crippen LogP contribution in [-0.2, 0) is 45.1 Å². The lowest BCUT2D eigenvalue weighted by Gasteiger charge is -2.47. The highest BCUT2D eigenvalue weighted by atomic mass is 79.9. The summed E-state index contributed by atoms with van der Waals surface area (Å²) in [7, 11) is 0. The molecule has 0 radical (unpaired) electrons. The molecule has 8 aromatic carbocycles. The summed E-state index contributed by atoms with van der Waals surface area (Å²) in [5.74, 6) is 3.46. The molecular formula is C91H98BBr3N8O9. The van der Waals surface area contributed by atoms with E-state index in [1.165, 1.54) is 50.1 Å². The Morgan fingerprint density at radius 2 is 0.848 bits per heavy atom. The Morgan fingerprint density at radius 3 is 1.27 bits per heavy atom. The maximum atomic E-state index is 13.1. The summed E-state index contributed by atoms with van der Waals surface area (Å²) < 4.78 is 12.8. The molecule has 6 atom stereocenters. The smallest absolute Gasteiger partial charge is 0.369 e. The number of halogens is 3. The van der Waals surface area contributed by atoms with Gasteiger partial charge in [-0.1, -0.05) is 115 Å². The lowest BCUT2D eigenvalue weighted by molar-refractivity contribution is -0.138. The number of carbonyl (C=O) groups excluding carboxylic acids is 6. The van der Waals surface area contributed by atoms with Gasteiger partial charge in [-0.15, -0.1) is 47.3 Å². The lowest BCUT2D eigenvalue weighted by atomic mass is 9.69. The highest BCUT2D eigenvalue weighted by Crippen LogP contribution is 2.49. The number of carbonyl (C=O) groups is 6. The third kappa shape index (κ3) is 17.3. The van der Waals surface area contributed by atoms with Crippen LogP contribution in [0.2, 0.25) is 0 Å². The molecule has 2 aliphatic carbocycles. The van der Waals surface area contributed by atoms with E-state index >= 15 is 0 Å². The number of likely N-dealkylation sites (tertiary alicyclic amines) is 2. The van der Waals surface area contributed by atoms with E-state index in [0.717, 1.165) is 164 Å². The Labute approximate surface area is 682 Å². The van der Waals surface area contributed by atoms with Crippen molar-refractivity contribution in [2.45, 2.75) is 158 Å². The van der Waals surface area contributed by atoms with Crippen LogP contribution in [0, 0.1) is 18.8 Å². The quantitative estimate of drug-likeness (QED) is 0.0545. The van der Waals surface area contributed by atoms with Crippen molar-refractivity contribution in [1.82, 2.24) is 30.2 Å². The fourth-order valence-corrected chi connectivity index (χ4v) is 19.6. The summed E-state index contributed by atoms with van der Waals surface area (Å²) in [5.41, 5.74) is 17.8. The molecule has 112 heavy (non-hydrogen) atoms. The Morgan fingerprint density at radius 1 is 0.438 bits per heavy atom. The van der Waals surface area contributed by atoms with Crippen molar-refractivity contribution >= 4 is 97.3 Å². The molecule has 580 valence electrons. The number of aryl methyl sites for hydroxylation is 3. The van der Waals surface area contributed by atoms with Gasteiger partial charge in [0.15, 0.2) is 0 Å². The second-order valence-corrected chi connectivity index (χ2v) is 38.8. The fourth-order valence-electron chi connectivity index (χ4n) is 19.6. The number of fused-ring (bicyclic) bond motifs is 4. The first-order valence-electron chi connectivity index (χ1n) is 40.4.